The van der Waals surface area contributed by atoms with E-state index in [0.717, 1.165) is 135 Å². The van der Waals surface area contributed by atoms with Gasteiger partial charge in [0.05, 0.1) is 61.9 Å². The first kappa shape index (κ1) is 90.0. The molecule has 0 fully saturated rings. The molecule has 0 atom stereocenters. The Kier molecular flexibility index (Phi) is 36.8. The number of para-hydroxylation sites is 5. The van der Waals surface area contributed by atoms with Crippen molar-refractivity contribution in [1.82, 2.24) is 120 Å². The molecule has 0 radical (unpaired) electrons. The Morgan fingerprint density at radius 2 is 0.746 bits per heavy atom. The van der Waals surface area contributed by atoms with E-state index in [-0.39, 0.29) is 0 Å². The van der Waals surface area contributed by atoms with E-state index in [1.165, 1.54) is 45.9 Å². The van der Waals surface area contributed by atoms with Crippen molar-refractivity contribution in [2.24, 2.45) is 0 Å². The SMILES string of the molecule is Cc1ccc2ccccc2n1.Cc1ccccn1.Cc1cccnn1.Cc1ccncn1.Cc1cnc2ccccc2n1.Cc1cnccn1.Cc1ncc2ccc3ccccc3c2n1.Cc1ncc2ccccc2n1.Cc1ncccn1.Cc1ncco1.Cc1ncnc2c1ccc1ccccc12.Cc1ncnc2ccccc12.Cc1ncncn1. The summed E-state index contributed by atoms with van der Waals surface area (Å²) < 4.78 is 4.72. The zero-order valence-corrected chi connectivity index (χ0v) is 70.4. The van der Waals surface area contributed by atoms with E-state index in [4.69, 9.17) is 4.42 Å². The molecule has 0 unspecified atom stereocenters. The van der Waals surface area contributed by atoms with Crippen molar-refractivity contribution < 1.29 is 4.42 Å². The summed E-state index contributed by atoms with van der Waals surface area (Å²) in [6.45, 7) is 25.0. The van der Waals surface area contributed by atoms with Gasteiger partial charge in [0.2, 0.25) is 0 Å². The number of hydrogen-bond acceptors (Lipinski definition) is 25. The molecular formula is C97H94N24O. The Balaban J connectivity index is 0.000000152. The lowest BCUT2D eigenvalue weighted by Crippen LogP contribution is -1.88. The van der Waals surface area contributed by atoms with Crippen molar-refractivity contribution in [3.05, 3.63) is 411 Å². The Labute approximate surface area is 708 Å². The molecule has 25 heteroatoms. The number of aromatic nitrogens is 24. The zero-order chi connectivity index (χ0) is 86.3. The van der Waals surface area contributed by atoms with Crippen molar-refractivity contribution >= 4 is 87.1 Å². The van der Waals surface area contributed by atoms with Gasteiger partial charge in [-0.05, 0) is 167 Å². The second-order valence-electron chi connectivity index (χ2n) is 26.4. The van der Waals surface area contributed by atoms with Gasteiger partial charge in [0.1, 0.15) is 61.2 Å². The van der Waals surface area contributed by atoms with Crippen LogP contribution in [-0.2, 0) is 0 Å². The average Bonchev–Trinajstić information content (AvgIpc) is 0.869. The molecule has 21 aromatic rings. The Hall–Kier alpha value is -15.9. The lowest BCUT2D eigenvalue weighted by molar-refractivity contribution is 0.521. The molecule has 0 aliphatic carbocycles. The van der Waals surface area contributed by atoms with Gasteiger partial charge >= 0.3 is 0 Å². The number of aryl methyl sites for hydroxylation is 13. The van der Waals surface area contributed by atoms with Crippen LogP contribution in [0.1, 0.15) is 74.7 Å². The molecule has 0 aliphatic heterocycles. The van der Waals surface area contributed by atoms with Gasteiger partial charge in [-0.2, -0.15) is 10.2 Å². The third-order valence-electron chi connectivity index (χ3n) is 16.8. The molecular weight excluding hydrogens is 1520 g/mol. The minimum absolute atomic E-state index is 0.718. The minimum Gasteiger partial charge on any atom is -0.449 e. The topological polar surface area (TPSA) is 322 Å². The van der Waals surface area contributed by atoms with Crippen LogP contribution in [0.3, 0.4) is 0 Å². The molecule has 0 saturated heterocycles. The Bertz CT molecular complexity index is 6050. The van der Waals surface area contributed by atoms with Gasteiger partial charge in [-0.3, -0.25) is 24.9 Å². The predicted molar refractivity (Wildman–Crippen MR) is 485 cm³/mol. The second kappa shape index (κ2) is 49.9. The van der Waals surface area contributed by atoms with Gasteiger partial charge in [0, 0.05) is 141 Å². The minimum atomic E-state index is 0.718. The van der Waals surface area contributed by atoms with E-state index >= 15 is 0 Å². The van der Waals surface area contributed by atoms with Crippen LogP contribution in [0.25, 0.3) is 87.1 Å². The van der Waals surface area contributed by atoms with E-state index in [9.17, 15) is 0 Å². The van der Waals surface area contributed by atoms with Gasteiger partial charge < -0.3 is 4.42 Å². The number of pyridine rings is 2. The smallest absolute Gasteiger partial charge is 0.190 e. The number of hydrogen-bond donors (Lipinski definition) is 0. The molecule has 25 nitrogen and oxygen atoms in total. The molecule has 0 spiro atoms. The lowest BCUT2D eigenvalue weighted by atomic mass is 10.1. The molecule has 0 aliphatic rings. The zero-order valence-electron chi connectivity index (χ0n) is 70.4. The summed E-state index contributed by atoms with van der Waals surface area (Å²) in [5.41, 5.74) is 15.2. The summed E-state index contributed by atoms with van der Waals surface area (Å²) in [7, 11) is 0. The van der Waals surface area contributed by atoms with Gasteiger partial charge in [-0.1, -0.05) is 152 Å². The molecule has 21 rings (SSSR count). The quantitative estimate of drug-likeness (QED) is 0.127. The highest BCUT2D eigenvalue weighted by molar-refractivity contribution is 6.06. The first-order valence-corrected chi connectivity index (χ1v) is 38.7. The fourth-order valence-electron chi connectivity index (χ4n) is 10.7. The van der Waals surface area contributed by atoms with E-state index in [0.29, 0.717) is 0 Å². The van der Waals surface area contributed by atoms with Gasteiger partial charge in [0.15, 0.2) is 5.89 Å². The van der Waals surface area contributed by atoms with Crippen molar-refractivity contribution in [3.63, 3.8) is 0 Å². The summed E-state index contributed by atoms with van der Waals surface area (Å²) in [5, 5.41) is 17.9. The molecule has 13 heterocycles. The van der Waals surface area contributed by atoms with Crippen molar-refractivity contribution in [2.75, 3.05) is 0 Å². The highest BCUT2D eigenvalue weighted by Crippen LogP contribution is 2.25. The second-order valence-corrected chi connectivity index (χ2v) is 26.4. The molecule has 13 aromatic heterocycles. The van der Waals surface area contributed by atoms with E-state index < -0.39 is 0 Å². The average molecular weight is 1610 g/mol. The third-order valence-corrected chi connectivity index (χ3v) is 16.8. The fourth-order valence-corrected chi connectivity index (χ4v) is 10.7. The van der Waals surface area contributed by atoms with E-state index in [1.807, 2.05) is 253 Å². The lowest BCUT2D eigenvalue weighted by Gasteiger charge is -2.03. The van der Waals surface area contributed by atoms with Gasteiger partial charge in [0.25, 0.3) is 0 Å². The number of fused-ring (bicyclic) bond motifs is 10. The molecule has 0 bridgehead atoms. The summed E-state index contributed by atoms with van der Waals surface area (Å²) in [5.74, 6) is 3.94. The van der Waals surface area contributed by atoms with Crippen molar-refractivity contribution in [1.29, 1.82) is 0 Å². The number of nitrogens with zero attached hydrogens (tertiary/aromatic N) is 24. The van der Waals surface area contributed by atoms with Crippen LogP contribution >= 0.6 is 0 Å². The maximum atomic E-state index is 4.72. The van der Waals surface area contributed by atoms with Crippen LogP contribution < -0.4 is 0 Å². The van der Waals surface area contributed by atoms with Crippen molar-refractivity contribution in [2.45, 2.75) is 90.0 Å². The summed E-state index contributed by atoms with van der Waals surface area (Å²) in [4.78, 5) is 88.7. The molecule has 0 saturated carbocycles. The maximum absolute atomic E-state index is 4.72. The molecule has 122 heavy (non-hydrogen) atoms. The Morgan fingerprint density at radius 3 is 1.28 bits per heavy atom. The van der Waals surface area contributed by atoms with Crippen LogP contribution in [0.4, 0.5) is 0 Å². The number of rotatable bonds is 0. The van der Waals surface area contributed by atoms with Crippen LogP contribution in [-0.4, -0.2) is 120 Å². The first-order valence-electron chi connectivity index (χ1n) is 38.7. The fraction of sp³-hybridized carbons (Fsp3) is 0.134. The molecule has 0 amide bonds. The number of oxazole rings is 1. The summed E-state index contributed by atoms with van der Waals surface area (Å²) >= 11 is 0. The molecule has 8 aromatic carbocycles. The monoisotopic (exact) mass is 1610 g/mol. The first-order chi connectivity index (χ1) is 59.4. The van der Waals surface area contributed by atoms with Gasteiger partial charge in [-0.25, -0.2) is 84.7 Å². The highest BCUT2D eigenvalue weighted by atomic mass is 16.3. The van der Waals surface area contributed by atoms with E-state index in [2.05, 4.69) is 181 Å². The normalized spacial score (nSPS) is 9.84. The highest BCUT2D eigenvalue weighted by Gasteiger charge is 2.05. The largest absolute Gasteiger partial charge is 0.449 e. The van der Waals surface area contributed by atoms with Crippen LogP contribution in [0.2, 0.25) is 0 Å². The summed E-state index contributed by atoms with van der Waals surface area (Å²) in [6.07, 6.45) is 30.1. The van der Waals surface area contributed by atoms with Crippen molar-refractivity contribution in [3.8, 4) is 0 Å². The molecule has 0 N–H and O–H groups in total. The van der Waals surface area contributed by atoms with E-state index in [1.54, 1.807) is 93.9 Å². The predicted octanol–water partition coefficient (Wildman–Crippen LogP) is 20.2. The standard InChI is InChI=1S/2C13H10N2.C10H9N.3C9H8N2.C6H7N.4C5H6N2.C4H5N3.C4H5NO/c1-9-11-7-6-10-4-2-3-5-12(10)13(11)15-8-14-9;1-9-14-8-11-7-6-10-4-2-3-5-12(10)13(11)15-9;1-8-6-7-9-4-2-3-5-10(9)11-8;1-7-8-4-2-3-5-9(8)11-6-10-7;1-7-10-6-8-4-2-3-5-9(8)11-7;1-7-6-10-8-4-2-3-5-9(8)11-7;1-6-4-2-3-5-7-6;1-5-4-6-2-3-7-5;1-5-2-3-6-4-7-5;1-5-6-3-2-4-7-5;1-5-3-2-4-6-7-5;1-4-6-2-5-3-7-4;1-4-5-2-3-6-4/h2*2-8H,1H3;2-7H,1H3;3*2-6H,1H3;2-5H,1H3;4*2-4H,1H3;2-3H,1H3;2-3H,1H3. The Morgan fingerprint density at radius 1 is 0.213 bits per heavy atom. The summed E-state index contributed by atoms with van der Waals surface area (Å²) in [6, 6.07) is 74.3. The van der Waals surface area contributed by atoms with Gasteiger partial charge in [-0.15, -0.1) is 0 Å². The molecule has 608 valence electrons. The maximum Gasteiger partial charge on any atom is 0.190 e. The van der Waals surface area contributed by atoms with Crippen LogP contribution in [0.5, 0.6) is 0 Å². The van der Waals surface area contributed by atoms with Crippen LogP contribution in [0, 0.1) is 90.0 Å². The third kappa shape index (κ3) is 31.6. The number of benzene rings is 8. The van der Waals surface area contributed by atoms with Crippen LogP contribution in [0.15, 0.2) is 341 Å².